The minimum atomic E-state index is -0.940. The Labute approximate surface area is 181 Å². The standard InChI is InChI=1S/C25H26O6/c1-23(2)18-12-15(26)11-16-17(24(18,3)9-6-19(27)31-23)5-8-25(4)20(16)22(28)30-21(25)14-7-10-29-13-14/h6-7,9-13,17,20-21H,5,8H2,1-4H3/t17-,20-,21+,24-,25-/m1/s1. The van der Waals surface area contributed by atoms with Crippen LogP contribution in [0.15, 0.2) is 58.5 Å². The Hall–Kier alpha value is -2.89. The van der Waals surface area contributed by atoms with Crippen LogP contribution in [-0.4, -0.2) is 23.3 Å². The molecule has 0 N–H and O–H groups in total. The van der Waals surface area contributed by atoms with Crippen LogP contribution in [0.2, 0.25) is 0 Å². The summed E-state index contributed by atoms with van der Waals surface area (Å²) in [5, 5.41) is 0. The number of hydrogen-bond acceptors (Lipinski definition) is 6. The fraction of sp³-hybridized carbons (Fsp3) is 0.480. The van der Waals surface area contributed by atoms with E-state index in [4.69, 9.17) is 13.9 Å². The van der Waals surface area contributed by atoms with E-state index >= 15 is 0 Å². The van der Waals surface area contributed by atoms with Gasteiger partial charge in [-0.25, -0.2) is 4.79 Å². The summed E-state index contributed by atoms with van der Waals surface area (Å²) in [6.07, 6.45) is 10.8. The van der Waals surface area contributed by atoms with Crippen LogP contribution >= 0.6 is 0 Å². The van der Waals surface area contributed by atoms with Gasteiger partial charge < -0.3 is 13.9 Å². The van der Waals surface area contributed by atoms with Gasteiger partial charge in [0.1, 0.15) is 11.7 Å². The number of cyclic esters (lactones) is 2. The number of carbonyl (C=O) groups is 3. The average Bonchev–Trinajstić information content (AvgIpc) is 3.25. The van der Waals surface area contributed by atoms with Gasteiger partial charge >= 0.3 is 11.9 Å². The molecule has 0 spiro atoms. The van der Waals surface area contributed by atoms with Crippen molar-refractivity contribution in [2.24, 2.45) is 22.7 Å². The highest BCUT2D eigenvalue weighted by Crippen LogP contribution is 2.64. The highest BCUT2D eigenvalue weighted by molar-refractivity contribution is 6.02. The second kappa shape index (κ2) is 6.31. The molecule has 3 heterocycles. The van der Waals surface area contributed by atoms with Gasteiger partial charge in [0.05, 0.1) is 18.4 Å². The van der Waals surface area contributed by atoms with E-state index in [9.17, 15) is 14.4 Å². The number of fused-ring (bicyclic) bond motifs is 5. The Morgan fingerprint density at radius 1 is 1.06 bits per heavy atom. The zero-order valence-corrected chi connectivity index (χ0v) is 18.1. The van der Waals surface area contributed by atoms with Gasteiger partial charge in [0.15, 0.2) is 5.78 Å². The maximum absolute atomic E-state index is 13.2. The highest BCUT2D eigenvalue weighted by Gasteiger charge is 2.62. The van der Waals surface area contributed by atoms with Crippen molar-refractivity contribution < 1.29 is 28.3 Å². The third-order valence-electron chi connectivity index (χ3n) is 7.75. The summed E-state index contributed by atoms with van der Waals surface area (Å²) in [6, 6.07) is 1.82. The Morgan fingerprint density at radius 2 is 1.84 bits per heavy atom. The smallest absolute Gasteiger partial charge is 0.331 e. The van der Waals surface area contributed by atoms with Gasteiger partial charge in [-0.05, 0) is 62.0 Å². The fourth-order valence-corrected chi connectivity index (χ4v) is 6.36. The normalized spacial score (nSPS) is 38.6. The lowest BCUT2D eigenvalue weighted by Gasteiger charge is -2.48. The topological polar surface area (TPSA) is 82.8 Å². The van der Waals surface area contributed by atoms with E-state index in [-0.39, 0.29) is 17.7 Å². The molecule has 4 aliphatic rings. The van der Waals surface area contributed by atoms with Crippen LogP contribution in [0.1, 0.15) is 52.2 Å². The first-order valence-corrected chi connectivity index (χ1v) is 10.7. The van der Waals surface area contributed by atoms with Crippen LogP contribution in [0.4, 0.5) is 0 Å². The summed E-state index contributed by atoms with van der Waals surface area (Å²) in [5.74, 6) is -1.59. The fourth-order valence-electron chi connectivity index (χ4n) is 6.36. The molecule has 2 aliphatic heterocycles. The number of esters is 2. The number of carbonyl (C=O) groups excluding carboxylic acids is 3. The molecule has 5 atom stereocenters. The number of hydrogen-bond donors (Lipinski definition) is 0. The van der Waals surface area contributed by atoms with Crippen molar-refractivity contribution in [2.45, 2.75) is 52.2 Å². The molecule has 162 valence electrons. The molecular weight excluding hydrogens is 396 g/mol. The molecule has 2 aliphatic carbocycles. The number of allylic oxidation sites excluding steroid dienone is 3. The Morgan fingerprint density at radius 3 is 2.55 bits per heavy atom. The molecule has 0 aromatic carbocycles. The van der Waals surface area contributed by atoms with Crippen LogP contribution in [-0.2, 0) is 23.9 Å². The minimum Gasteiger partial charge on any atom is -0.472 e. The van der Waals surface area contributed by atoms with Crippen molar-refractivity contribution in [2.75, 3.05) is 0 Å². The van der Waals surface area contributed by atoms with Crippen molar-refractivity contribution in [1.29, 1.82) is 0 Å². The van der Waals surface area contributed by atoms with E-state index in [1.807, 2.05) is 32.9 Å². The number of furan rings is 1. The molecule has 0 bridgehead atoms. The Bertz CT molecular complexity index is 1070. The second-order valence-electron chi connectivity index (χ2n) is 10.1. The molecule has 6 heteroatoms. The monoisotopic (exact) mass is 422 g/mol. The third kappa shape index (κ3) is 2.73. The van der Waals surface area contributed by atoms with E-state index in [1.165, 1.54) is 6.08 Å². The molecule has 1 aromatic rings. The van der Waals surface area contributed by atoms with Crippen LogP contribution in [0.5, 0.6) is 0 Å². The lowest BCUT2D eigenvalue weighted by Crippen LogP contribution is -2.45. The zero-order valence-electron chi connectivity index (χ0n) is 18.1. The molecule has 6 nitrogen and oxygen atoms in total. The average molecular weight is 422 g/mol. The highest BCUT2D eigenvalue weighted by atomic mass is 16.6. The van der Waals surface area contributed by atoms with E-state index < -0.39 is 34.4 Å². The Balaban J connectivity index is 1.64. The summed E-state index contributed by atoms with van der Waals surface area (Å²) < 4.78 is 16.7. The van der Waals surface area contributed by atoms with Gasteiger partial charge in [-0.3, -0.25) is 9.59 Å². The predicted molar refractivity (Wildman–Crippen MR) is 110 cm³/mol. The minimum absolute atomic E-state index is 0.121. The molecule has 1 saturated heterocycles. The maximum Gasteiger partial charge on any atom is 0.331 e. The van der Waals surface area contributed by atoms with Crippen LogP contribution in [0, 0.1) is 22.7 Å². The van der Waals surface area contributed by atoms with Crippen molar-refractivity contribution in [3.63, 3.8) is 0 Å². The zero-order chi connectivity index (χ0) is 22.2. The first-order chi connectivity index (χ1) is 14.6. The number of ketones is 1. The van der Waals surface area contributed by atoms with E-state index in [0.717, 1.165) is 29.6 Å². The number of rotatable bonds is 1. The lowest BCUT2D eigenvalue weighted by molar-refractivity contribution is -0.147. The van der Waals surface area contributed by atoms with Crippen molar-refractivity contribution in [1.82, 2.24) is 0 Å². The molecule has 2 fully saturated rings. The van der Waals surface area contributed by atoms with Gasteiger partial charge in [-0.1, -0.05) is 19.9 Å². The van der Waals surface area contributed by atoms with E-state index in [0.29, 0.717) is 0 Å². The van der Waals surface area contributed by atoms with Gasteiger partial charge in [-0.2, -0.15) is 0 Å². The number of ether oxygens (including phenoxy) is 2. The van der Waals surface area contributed by atoms with Crippen LogP contribution < -0.4 is 0 Å². The predicted octanol–water partition coefficient (Wildman–Crippen LogP) is 4.24. The molecule has 0 radical (unpaired) electrons. The molecule has 5 rings (SSSR count). The lowest BCUT2D eigenvalue weighted by atomic mass is 9.53. The maximum atomic E-state index is 13.2. The van der Waals surface area contributed by atoms with Crippen LogP contribution in [0.25, 0.3) is 0 Å². The molecule has 1 aromatic heterocycles. The molecule has 1 saturated carbocycles. The molecule has 31 heavy (non-hydrogen) atoms. The summed E-state index contributed by atoms with van der Waals surface area (Å²) in [6.45, 7) is 7.72. The van der Waals surface area contributed by atoms with E-state index in [2.05, 4.69) is 6.92 Å². The molecule has 0 amide bonds. The summed E-state index contributed by atoms with van der Waals surface area (Å²) in [7, 11) is 0. The van der Waals surface area contributed by atoms with Gasteiger partial charge in [0.2, 0.25) is 0 Å². The summed E-state index contributed by atoms with van der Waals surface area (Å²) in [5.41, 5.74) is 0.314. The van der Waals surface area contributed by atoms with Crippen molar-refractivity contribution in [3.8, 4) is 0 Å². The SMILES string of the molecule is CC1(C)OC(=O)C=C[C@@]2(C)C1=CC(=O)C=C1[C@@H]3C(=O)O[C@@H](c4ccoc4)[C@]3(C)CC[C@H]12. The largest absolute Gasteiger partial charge is 0.472 e. The quantitative estimate of drug-likeness (QED) is 0.630. The first kappa shape index (κ1) is 20.0. The first-order valence-electron chi connectivity index (χ1n) is 10.7. The molecule has 0 unspecified atom stereocenters. The molecular formula is C25H26O6. The Kier molecular flexibility index (Phi) is 4.08. The van der Waals surface area contributed by atoms with Crippen molar-refractivity contribution >= 4 is 17.7 Å². The summed E-state index contributed by atoms with van der Waals surface area (Å²) in [4.78, 5) is 38.5. The van der Waals surface area contributed by atoms with Gasteiger partial charge in [0.25, 0.3) is 0 Å². The van der Waals surface area contributed by atoms with Gasteiger partial charge in [0, 0.05) is 22.5 Å². The second-order valence-corrected chi connectivity index (χ2v) is 10.1. The summed E-state index contributed by atoms with van der Waals surface area (Å²) >= 11 is 0. The van der Waals surface area contributed by atoms with Gasteiger partial charge in [-0.15, -0.1) is 0 Å². The van der Waals surface area contributed by atoms with Crippen LogP contribution in [0.3, 0.4) is 0 Å². The van der Waals surface area contributed by atoms with E-state index in [1.54, 1.807) is 24.7 Å². The third-order valence-corrected chi connectivity index (χ3v) is 7.75. The van der Waals surface area contributed by atoms with Crippen molar-refractivity contribution in [3.05, 3.63) is 59.6 Å².